The number of carbonyl (C=O) groups excluding carboxylic acids is 1. The number of aliphatic hydroxyl groups is 1. The molecule has 18 heteroatoms. The first-order valence-corrected chi connectivity index (χ1v) is 25.9. The van der Waals surface area contributed by atoms with Crippen molar-refractivity contribution >= 4 is 66.5 Å². The summed E-state index contributed by atoms with van der Waals surface area (Å²) in [4.78, 5) is 25.8. The van der Waals surface area contributed by atoms with Crippen LogP contribution in [-0.4, -0.2) is 90.9 Å². The highest BCUT2D eigenvalue weighted by atomic mass is 35.5. The lowest BCUT2D eigenvalue weighted by Crippen LogP contribution is -2.63. The quantitative estimate of drug-likeness (QED) is 0.0632. The number of likely N-dealkylation sites (tertiary alicyclic amines) is 1. The molecule has 69 heavy (non-hydrogen) atoms. The Balaban J connectivity index is 0.889. The van der Waals surface area contributed by atoms with Crippen LogP contribution in [0.2, 0.25) is 5.15 Å². The Morgan fingerprint density at radius 1 is 1.06 bits per heavy atom. The van der Waals surface area contributed by atoms with E-state index in [2.05, 4.69) is 73.1 Å². The number of H-pyrrole nitrogens is 1. The summed E-state index contributed by atoms with van der Waals surface area (Å²) in [5.74, 6) is -0.453. The number of carbonyl (C=O) groups is 1. The van der Waals surface area contributed by atoms with Gasteiger partial charge in [-0.05, 0) is 124 Å². The maximum atomic E-state index is 14.8. The average Bonchev–Trinajstić information content (AvgIpc) is 4.08. The number of fused-ring (bicyclic) bond motifs is 2. The molecule has 2 saturated heterocycles. The third-order valence-electron chi connectivity index (χ3n) is 15.4. The Labute approximate surface area is 406 Å². The molecule has 0 bridgehead atoms. The van der Waals surface area contributed by atoms with E-state index in [4.69, 9.17) is 20.9 Å². The normalized spacial score (nSPS) is 22.9. The lowest BCUT2D eigenvalue weighted by atomic mass is 9.70. The van der Waals surface area contributed by atoms with Gasteiger partial charge < -0.3 is 39.8 Å². The summed E-state index contributed by atoms with van der Waals surface area (Å²) in [5, 5.41) is 31.6. The van der Waals surface area contributed by atoms with Crippen LogP contribution in [-0.2, 0) is 10.0 Å². The minimum atomic E-state index is -4.73. The zero-order valence-electron chi connectivity index (χ0n) is 39.4. The number of piperidine rings is 1. The second-order valence-electron chi connectivity index (χ2n) is 20.5. The Morgan fingerprint density at radius 2 is 1.81 bits per heavy atom. The average molecular weight is 983 g/mol. The van der Waals surface area contributed by atoms with Gasteiger partial charge in [-0.25, -0.2) is 22.5 Å². The molecule has 2 saturated carbocycles. The van der Waals surface area contributed by atoms with Crippen molar-refractivity contribution in [3.05, 3.63) is 99.9 Å². The molecule has 2 atom stereocenters. The van der Waals surface area contributed by atoms with Crippen molar-refractivity contribution in [1.82, 2.24) is 24.7 Å². The van der Waals surface area contributed by atoms with Gasteiger partial charge in [0.1, 0.15) is 33.9 Å². The molecule has 4 fully saturated rings. The number of halogens is 2. The largest absolute Gasteiger partial charge is 0.758 e. The zero-order chi connectivity index (χ0) is 48.4. The van der Waals surface area contributed by atoms with Gasteiger partial charge in [0.05, 0.1) is 33.3 Å². The minimum Gasteiger partial charge on any atom is -0.758 e. The van der Waals surface area contributed by atoms with Crippen molar-refractivity contribution in [2.75, 3.05) is 55.1 Å². The SMILES string of the molecule is CC(C)c1ccccc1[C@@H]1CCCC1N1CC2(CCN(c3ccc(C(=O)NS(=O)(=O)c4cc(N(C)[O-])c(NCC5CCC(C)(O)CC5)c5conc45)c(Oc4cc5c(F)c[nH]c5nc4Cl)c3)CC2)C1. The highest BCUT2D eigenvalue weighted by Crippen LogP contribution is 2.49. The van der Waals surface area contributed by atoms with Crippen LogP contribution in [0.25, 0.3) is 21.9 Å². The number of nitrogens with zero attached hydrogens (tertiary/aromatic N) is 5. The summed E-state index contributed by atoms with van der Waals surface area (Å²) >= 11 is 6.57. The number of rotatable bonds is 13. The fourth-order valence-electron chi connectivity index (χ4n) is 11.5. The number of aromatic amines is 1. The molecule has 6 aromatic rings. The first-order chi connectivity index (χ1) is 33.0. The monoisotopic (exact) mass is 981 g/mol. The Bertz CT molecular complexity index is 3010. The van der Waals surface area contributed by atoms with Crippen LogP contribution in [0.1, 0.15) is 112 Å². The van der Waals surface area contributed by atoms with E-state index in [0.29, 0.717) is 48.0 Å². The van der Waals surface area contributed by atoms with Crippen LogP contribution < -0.4 is 24.7 Å². The molecule has 5 heterocycles. The minimum absolute atomic E-state index is 0.00251. The molecule has 1 unspecified atom stereocenters. The van der Waals surface area contributed by atoms with Crippen LogP contribution in [0, 0.1) is 22.4 Å². The summed E-state index contributed by atoms with van der Waals surface area (Å²) in [5.41, 5.74) is 3.52. The molecule has 1 spiro atoms. The second-order valence-corrected chi connectivity index (χ2v) is 22.5. The van der Waals surface area contributed by atoms with E-state index in [9.17, 15) is 27.9 Å². The molecule has 15 nitrogen and oxygen atoms in total. The van der Waals surface area contributed by atoms with Gasteiger partial charge in [0, 0.05) is 56.7 Å². The Kier molecular flexibility index (Phi) is 12.6. The predicted octanol–water partition coefficient (Wildman–Crippen LogP) is 10.1. The van der Waals surface area contributed by atoms with Crippen LogP contribution >= 0.6 is 11.6 Å². The smallest absolute Gasteiger partial charge is 0.268 e. The topological polar surface area (TPSA) is 192 Å². The van der Waals surface area contributed by atoms with Crippen molar-refractivity contribution < 1.29 is 32.0 Å². The van der Waals surface area contributed by atoms with Crippen LogP contribution in [0.5, 0.6) is 11.5 Å². The fourth-order valence-corrected chi connectivity index (χ4v) is 12.8. The third-order valence-corrected chi connectivity index (χ3v) is 17.0. The number of nitrogens with one attached hydrogen (secondary N) is 3. The molecule has 1 amide bonds. The van der Waals surface area contributed by atoms with Crippen LogP contribution in [0.3, 0.4) is 0 Å². The maximum absolute atomic E-state index is 14.8. The standard InChI is InChI=1S/C51H59ClFN8O7S/c1-30(2)33-8-5-6-9-34(33)35-10-7-11-40(35)61-28-51(29-61)18-20-60(21-19-51)32-12-13-36(42(22-32)68-43-23-37-39(53)26-55-48(37)56-47(43)52)49(62)58-69(65,66)44-24-41(59(4)64)45(38-27-67-57-46(38)44)54-25-31-14-16-50(3,63)17-15-31/h5-6,8-9,12-13,22-24,26-27,30-31,35,40,54,63H,7,10-11,14-21,25,28-29H2,1-4H3,(H,55,56)(H,58,62)/q-1/t31?,35-,40?,50?/m0/s1. The molecular formula is C51H59ClFN8O7S-. The molecule has 3 aromatic carbocycles. The van der Waals surface area contributed by atoms with Crippen molar-refractivity contribution in [3.63, 3.8) is 0 Å². The van der Waals surface area contributed by atoms with Gasteiger partial charge in [0.15, 0.2) is 10.9 Å². The van der Waals surface area contributed by atoms with Crippen molar-refractivity contribution in [2.24, 2.45) is 11.3 Å². The number of anilines is 3. The van der Waals surface area contributed by atoms with Crippen LogP contribution in [0.15, 0.2) is 76.5 Å². The number of benzene rings is 3. The second kappa shape index (κ2) is 18.4. The van der Waals surface area contributed by atoms with E-state index in [-0.39, 0.29) is 61.2 Å². The van der Waals surface area contributed by atoms with Gasteiger partial charge in [-0.3, -0.25) is 9.69 Å². The number of hydroxylamine groups is 1. The third kappa shape index (κ3) is 9.24. The highest BCUT2D eigenvalue weighted by Gasteiger charge is 2.49. The van der Waals surface area contributed by atoms with E-state index in [1.54, 1.807) is 12.1 Å². The molecule has 4 aliphatic rings. The first-order valence-electron chi connectivity index (χ1n) is 24.1. The number of amides is 1. The number of hydrogen-bond donors (Lipinski definition) is 4. The first kappa shape index (κ1) is 47.2. The van der Waals surface area contributed by atoms with Gasteiger partial charge in [-0.15, -0.1) is 0 Å². The number of aromatic nitrogens is 3. The lowest BCUT2D eigenvalue weighted by Gasteiger charge is -2.57. The number of ether oxygens (including phenoxy) is 1. The van der Waals surface area contributed by atoms with Gasteiger partial charge in [0.2, 0.25) is 0 Å². The summed E-state index contributed by atoms with van der Waals surface area (Å²) in [7, 11) is -3.48. The Hall–Kier alpha value is -5.46. The zero-order valence-corrected chi connectivity index (χ0v) is 40.9. The molecule has 3 aromatic heterocycles. The van der Waals surface area contributed by atoms with E-state index < -0.39 is 32.2 Å². The molecule has 4 N–H and O–H groups in total. The van der Waals surface area contributed by atoms with Crippen LogP contribution in [0.4, 0.5) is 21.5 Å². The van der Waals surface area contributed by atoms with E-state index in [1.165, 1.54) is 55.8 Å². The fraction of sp³-hybridized carbons (Fsp3) is 0.471. The van der Waals surface area contributed by atoms with Gasteiger partial charge in [-0.1, -0.05) is 61.3 Å². The van der Waals surface area contributed by atoms with Crippen molar-refractivity contribution in [3.8, 4) is 11.5 Å². The molecule has 2 aliphatic heterocycles. The molecule has 2 aliphatic carbocycles. The van der Waals surface area contributed by atoms with Gasteiger partial charge in [-0.2, -0.15) is 0 Å². The van der Waals surface area contributed by atoms with E-state index in [1.807, 2.05) is 6.92 Å². The summed E-state index contributed by atoms with van der Waals surface area (Å²) in [6.45, 7) is 10.5. The molecule has 10 rings (SSSR count). The molecule has 366 valence electrons. The van der Waals surface area contributed by atoms with Crippen molar-refractivity contribution in [2.45, 2.75) is 107 Å². The van der Waals surface area contributed by atoms with E-state index in [0.717, 1.165) is 69.8 Å². The van der Waals surface area contributed by atoms with E-state index >= 15 is 0 Å². The van der Waals surface area contributed by atoms with Gasteiger partial charge in [0.25, 0.3) is 15.9 Å². The predicted molar refractivity (Wildman–Crippen MR) is 265 cm³/mol. The molecular weight excluding hydrogens is 923 g/mol. The Morgan fingerprint density at radius 3 is 2.55 bits per heavy atom. The highest BCUT2D eigenvalue weighted by molar-refractivity contribution is 7.90. The number of pyridine rings is 1. The molecule has 0 radical (unpaired) electrons. The van der Waals surface area contributed by atoms with Gasteiger partial charge >= 0.3 is 0 Å². The maximum Gasteiger partial charge on any atom is 0.268 e. The number of sulfonamides is 1. The number of hydrogen-bond acceptors (Lipinski definition) is 13. The lowest BCUT2D eigenvalue weighted by molar-refractivity contribution is -0.0493. The van der Waals surface area contributed by atoms with Crippen molar-refractivity contribution in [1.29, 1.82) is 0 Å². The summed E-state index contributed by atoms with van der Waals surface area (Å²) < 4.78 is 57.2. The summed E-state index contributed by atoms with van der Waals surface area (Å²) in [6, 6.07) is 17.0. The summed E-state index contributed by atoms with van der Waals surface area (Å²) in [6.07, 6.45) is 10.9.